The van der Waals surface area contributed by atoms with Crippen molar-refractivity contribution in [3.05, 3.63) is 28.8 Å². The minimum Gasteiger partial charge on any atom is -0.494 e. The van der Waals surface area contributed by atoms with E-state index in [4.69, 9.17) is 21.4 Å². The Balaban J connectivity index is 2.64. The van der Waals surface area contributed by atoms with E-state index in [1.54, 1.807) is 6.92 Å². The largest absolute Gasteiger partial charge is 0.494 e. The fourth-order valence-electron chi connectivity index (χ4n) is 1.40. The lowest BCUT2D eigenvalue weighted by Crippen LogP contribution is -2.24. The van der Waals surface area contributed by atoms with Crippen molar-refractivity contribution in [2.24, 2.45) is 0 Å². The maximum Gasteiger partial charge on any atom is 0.123 e. The normalized spacial score (nSPS) is 12.5. The van der Waals surface area contributed by atoms with Crippen molar-refractivity contribution in [1.82, 2.24) is 5.32 Å². The smallest absolute Gasteiger partial charge is 0.123 e. The fraction of sp³-hybridized carbons (Fsp3) is 0.500. The third-order valence-corrected chi connectivity index (χ3v) is 2.31. The maximum absolute atomic E-state index is 9.14. The quantitative estimate of drug-likeness (QED) is 0.805. The summed E-state index contributed by atoms with van der Waals surface area (Å²) in [6, 6.07) is 5.55. The zero-order valence-electron chi connectivity index (χ0n) is 9.66. The lowest BCUT2D eigenvalue weighted by molar-refractivity contribution is 0.190. The van der Waals surface area contributed by atoms with Crippen LogP contribution in [0.4, 0.5) is 0 Å². The highest BCUT2D eigenvalue weighted by molar-refractivity contribution is 6.30. The molecule has 0 saturated heterocycles. The summed E-state index contributed by atoms with van der Waals surface area (Å²) in [5.41, 5.74) is 1.01. The second-order valence-corrected chi connectivity index (χ2v) is 4.10. The lowest BCUT2D eigenvalue weighted by atomic mass is 10.2. The van der Waals surface area contributed by atoms with Crippen LogP contribution in [0.5, 0.6) is 5.75 Å². The first-order valence-electron chi connectivity index (χ1n) is 5.43. The number of nitrogens with one attached hydrogen (secondary N) is 1. The summed E-state index contributed by atoms with van der Waals surface area (Å²) in [5.74, 6) is 0.838. The van der Waals surface area contributed by atoms with Crippen molar-refractivity contribution >= 4 is 11.6 Å². The van der Waals surface area contributed by atoms with Gasteiger partial charge in [-0.3, -0.25) is 0 Å². The van der Waals surface area contributed by atoms with Crippen LogP contribution in [0.1, 0.15) is 19.4 Å². The molecule has 0 unspecified atom stereocenters. The molecule has 4 heteroatoms. The van der Waals surface area contributed by atoms with Gasteiger partial charge in [0.1, 0.15) is 5.75 Å². The van der Waals surface area contributed by atoms with Crippen LogP contribution in [0.25, 0.3) is 0 Å². The molecular weight excluding hydrogens is 226 g/mol. The molecule has 0 aliphatic heterocycles. The minimum absolute atomic E-state index is 0.352. The van der Waals surface area contributed by atoms with Gasteiger partial charge in [0.25, 0.3) is 0 Å². The third kappa shape index (κ3) is 4.39. The molecule has 1 rings (SSSR count). The Labute approximate surface area is 101 Å². The van der Waals surface area contributed by atoms with Crippen LogP contribution >= 0.6 is 11.6 Å². The van der Waals surface area contributed by atoms with Crippen LogP contribution in [-0.4, -0.2) is 24.4 Å². The van der Waals surface area contributed by atoms with E-state index in [1.165, 1.54) is 0 Å². The van der Waals surface area contributed by atoms with Gasteiger partial charge in [-0.1, -0.05) is 11.6 Å². The molecule has 3 nitrogen and oxygen atoms in total. The maximum atomic E-state index is 9.14. The van der Waals surface area contributed by atoms with Gasteiger partial charge in [0.05, 0.1) is 12.7 Å². The summed E-state index contributed by atoms with van der Waals surface area (Å²) in [7, 11) is 0. The van der Waals surface area contributed by atoms with Gasteiger partial charge < -0.3 is 15.2 Å². The molecule has 16 heavy (non-hydrogen) atoms. The Morgan fingerprint density at radius 3 is 2.88 bits per heavy atom. The van der Waals surface area contributed by atoms with Crippen LogP contribution in [0, 0.1) is 0 Å². The van der Waals surface area contributed by atoms with Crippen LogP contribution in [-0.2, 0) is 6.54 Å². The predicted octanol–water partition coefficient (Wildman–Crippen LogP) is 2.21. The molecular formula is C12H18ClNO2. The van der Waals surface area contributed by atoms with Gasteiger partial charge in [-0.2, -0.15) is 0 Å². The number of halogens is 1. The lowest BCUT2D eigenvalue weighted by Gasteiger charge is -2.12. The fourth-order valence-corrected chi connectivity index (χ4v) is 1.59. The summed E-state index contributed by atoms with van der Waals surface area (Å²) in [6.07, 6.45) is -0.352. The van der Waals surface area contributed by atoms with Crippen molar-refractivity contribution in [1.29, 1.82) is 0 Å². The molecule has 0 amide bonds. The Bertz CT molecular complexity index is 329. The predicted molar refractivity (Wildman–Crippen MR) is 66.0 cm³/mol. The molecule has 0 aliphatic carbocycles. The van der Waals surface area contributed by atoms with E-state index in [0.29, 0.717) is 24.7 Å². The first-order chi connectivity index (χ1) is 7.63. The van der Waals surface area contributed by atoms with Crippen molar-refractivity contribution in [3.8, 4) is 5.75 Å². The Kier molecular flexibility index (Phi) is 5.60. The second-order valence-electron chi connectivity index (χ2n) is 3.66. The Hall–Kier alpha value is -0.770. The highest BCUT2D eigenvalue weighted by Crippen LogP contribution is 2.22. The Morgan fingerprint density at radius 2 is 2.25 bits per heavy atom. The van der Waals surface area contributed by atoms with Gasteiger partial charge >= 0.3 is 0 Å². The molecule has 0 aliphatic rings. The SMILES string of the molecule is CCOc1ccc(Cl)cc1CNC[C@H](C)O. The van der Waals surface area contributed by atoms with Crippen molar-refractivity contribution in [2.75, 3.05) is 13.2 Å². The molecule has 0 bridgehead atoms. The zero-order valence-corrected chi connectivity index (χ0v) is 10.4. The van der Waals surface area contributed by atoms with Crippen LogP contribution in [0.15, 0.2) is 18.2 Å². The van der Waals surface area contributed by atoms with Gasteiger partial charge in [0.15, 0.2) is 0 Å². The molecule has 0 saturated carbocycles. The molecule has 1 aromatic rings. The van der Waals surface area contributed by atoms with Crippen LogP contribution < -0.4 is 10.1 Å². The molecule has 0 spiro atoms. The number of aliphatic hydroxyl groups is 1. The van der Waals surface area contributed by atoms with E-state index in [1.807, 2.05) is 25.1 Å². The summed E-state index contributed by atoms with van der Waals surface area (Å²) in [6.45, 7) is 5.51. The van der Waals surface area contributed by atoms with Gasteiger partial charge in [-0.25, -0.2) is 0 Å². The number of hydrogen-bond acceptors (Lipinski definition) is 3. The number of benzene rings is 1. The monoisotopic (exact) mass is 243 g/mol. The standard InChI is InChI=1S/C12H18ClNO2/c1-3-16-12-5-4-11(13)6-10(12)8-14-7-9(2)15/h4-6,9,14-15H,3,7-8H2,1-2H3/t9-/m0/s1. The van der Waals surface area contributed by atoms with E-state index < -0.39 is 0 Å². The molecule has 0 heterocycles. The van der Waals surface area contributed by atoms with Crippen molar-refractivity contribution < 1.29 is 9.84 Å². The number of ether oxygens (including phenoxy) is 1. The van der Waals surface area contributed by atoms with Crippen molar-refractivity contribution in [2.45, 2.75) is 26.5 Å². The average molecular weight is 244 g/mol. The summed E-state index contributed by atoms with van der Waals surface area (Å²) < 4.78 is 5.49. The van der Waals surface area contributed by atoms with E-state index in [2.05, 4.69) is 5.32 Å². The van der Waals surface area contributed by atoms with Gasteiger partial charge in [-0.05, 0) is 32.0 Å². The van der Waals surface area contributed by atoms with Gasteiger partial charge in [0.2, 0.25) is 0 Å². The molecule has 1 atom stereocenters. The van der Waals surface area contributed by atoms with Gasteiger partial charge in [0, 0.05) is 23.7 Å². The average Bonchev–Trinajstić information content (AvgIpc) is 2.21. The van der Waals surface area contributed by atoms with E-state index in [0.717, 1.165) is 11.3 Å². The van der Waals surface area contributed by atoms with E-state index in [-0.39, 0.29) is 6.10 Å². The van der Waals surface area contributed by atoms with E-state index in [9.17, 15) is 0 Å². The molecule has 2 N–H and O–H groups in total. The van der Waals surface area contributed by atoms with Gasteiger partial charge in [-0.15, -0.1) is 0 Å². The summed E-state index contributed by atoms with van der Waals surface area (Å²) in [4.78, 5) is 0. The number of rotatable bonds is 6. The van der Waals surface area contributed by atoms with E-state index >= 15 is 0 Å². The zero-order chi connectivity index (χ0) is 12.0. The number of hydrogen-bond donors (Lipinski definition) is 2. The first kappa shape index (κ1) is 13.3. The van der Waals surface area contributed by atoms with Crippen LogP contribution in [0.2, 0.25) is 5.02 Å². The molecule has 1 aromatic carbocycles. The molecule has 0 radical (unpaired) electrons. The third-order valence-electron chi connectivity index (χ3n) is 2.08. The summed E-state index contributed by atoms with van der Waals surface area (Å²) in [5, 5.41) is 13.0. The summed E-state index contributed by atoms with van der Waals surface area (Å²) >= 11 is 5.93. The number of aliphatic hydroxyl groups excluding tert-OH is 1. The highest BCUT2D eigenvalue weighted by Gasteiger charge is 2.04. The molecule has 90 valence electrons. The molecule has 0 fully saturated rings. The Morgan fingerprint density at radius 1 is 1.50 bits per heavy atom. The molecule has 0 aromatic heterocycles. The first-order valence-corrected chi connectivity index (χ1v) is 5.81. The topological polar surface area (TPSA) is 41.5 Å². The van der Waals surface area contributed by atoms with Crippen LogP contribution in [0.3, 0.4) is 0 Å². The van der Waals surface area contributed by atoms with Crippen molar-refractivity contribution in [3.63, 3.8) is 0 Å². The highest BCUT2D eigenvalue weighted by atomic mass is 35.5. The second kappa shape index (κ2) is 6.74. The minimum atomic E-state index is -0.352.